The van der Waals surface area contributed by atoms with E-state index >= 15 is 0 Å². The van der Waals surface area contributed by atoms with Crippen LogP contribution in [0, 0.1) is 0 Å². The van der Waals surface area contributed by atoms with Crippen LogP contribution in [-0.4, -0.2) is 26.1 Å². The zero-order valence-electron chi connectivity index (χ0n) is 11.8. The van der Waals surface area contributed by atoms with Gasteiger partial charge in [0.15, 0.2) is 0 Å². The Bertz CT molecular complexity index is 840. The summed E-state index contributed by atoms with van der Waals surface area (Å²) in [7, 11) is 0. The Kier molecular flexibility index (Phi) is 4.27. The number of aromatic nitrogens is 4. The lowest BCUT2D eigenvalue weighted by molar-refractivity contribution is 0.100. The molecule has 6 nitrogen and oxygen atoms in total. The smallest absolute Gasteiger partial charge is 0.248 e. The number of hydrogen-bond donors (Lipinski definition) is 1. The molecule has 0 unspecified atom stereocenters. The SMILES string of the molecule is NC(=O)c1ccc(-c2nnn(Cc3c(Cl)cccc3Cl)n2)cc1. The average Bonchev–Trinajstić information content (AvgIpc) is 3.00. The highest BCUT2D eigenvalue weighted by Crippen LogP contribution is 2.25. The van der Waals surface area contributed by atoms with E-state index in [0.29, 0.717) is 28.0 Å². The van der Waals surface area contributed by atoms with Crippen LogP contribution in [0.5, 0.6) is 0 Å². The number of hydrogen-bond acceptors (Lipinski definition) is 4. The maximum Gasteiger partial charge on any atom is 0.248 e. The fourth-order valence-corrected chi connectivity index (χ4v) is 2.55. The molecular formula is C15H11Cl2N5O. The van der Waals surface area contributed by atoms with Gasteiger partial charge in [-0.25, -0.2) is 0 Å². The molecule has 1 heterocycles. The summed E-state index contributed by atoms with van der Waals surface area (Å²) in [5, 5.41) is 13.4. The molecule has 0 saturated carbocycles. The van der Waals surface area contributed by atoms with Gasteiger partial charge >= 0.3 is 0 Å². The summed E-state index contributed by atoms with van der Waals surface area (Å²) in [4.78, 5) is 12.5. The molecule has 8 heteroatoms. The first-order valence-corrected chi connectivity index (χ1v) is 7.41. The summed E-state index contributed by atoms with van der Waals surface area (Å²) >= 11 is 12.3. The lowest BCUT2D eigenvalue weighted by atomic mass is 10.1. The molecule has 1 aromatic heterocycles. The van der Waals surface area contributed by atoms with Crippen molar-refractivity contribution in [3.8, 4) is 11.4 Å². The number of carbonyl (C=O) groups is 1. The van der Waals surface area contributed by atoms with Crippen LogP contribution in [0.15, 0.2) is 42.5 Å². The molecule has 0 fully saturated rings. The first-order valence-electron chi connectivity index (χ1n) is 6.65. The summed E-state index contributed by atoms with van der Waals surface area (Å²) in [6.07, 6.45) is 0. The number of primary amides is 1. The normalized spacial score (nSPS) is 10.7. The Labute approximate surface area is 141 Å². The average molecular weight is 348 g/mol. The monoisotopic (exact) mass is 347 g/mol. The van der Waals surface area contributed by atoms with Gasteiger partial charge in [0.2, 0.25) is 11.7 Å². The van der Waals surface area contributed by atoms with E-state index in [4.69, 9.17) is 28.9 Å². The highest BCUT2D eigenvalue weighted by atomic mass is 35.5. The minimum atomic E-state index is -0.485. The van der Waals surface area contributed by atoms with Gasteiger partial charge < -0.3 is 5.73 Å². The second-order valence-corrected chi connectivity index (χ2v) is 5.60. The van der Waals surface area contributed by atoms with E-state index in [-0.39, 0.29) is 0 Å². The van der Waals surface area contributed by atoms with E-state index in [1.54, 1.807) is 42.5 Å². The van der Waals surface area contributed by atoms with Crippen LogP contribution in [0.4, 0.5) is 0 Å². The molecule has 116 valence electrons. The summed E-state index contributed by atoms with van der Waals surface area (Å²) in [6.45, 7) is 0.310. The molecule has 2 N–H and O–H groups in total. The van der Waals surface area contributed by atoms with Crippen molar-refractivity contribution in [2.75, 3.05) is 0 Å². The van der Waals surface area contributed by atoms with Crippen LogP contribution in [-0.2, 0) is 6.54 Å². The summed E-state index contributed by atoms with van der Waals surface area (Å²) in [5.74, 6) is -0.0503. The van der Waals surface area contributed by atoms with Crippen LogP contribution >= 0.6 is 23.2 Å². The van der Waals surface area contributed by atoms with Crippen molar-refractivity contribution in [2.24, 2.45) is 5.73 Å². The van der Waals surface area contributed by atoms with Gasteiger partial charge in [-0.15, -0.1) is 10.2 Å². The third-order valence-corrected chi connectivity index (χ3v) is 3.95. The molecule has 0 saturated heterocycles. The molecule has 3 aromatic rings. The second kappa shape index (κ2) is 6.36. The van der Waals surface area contributed by atoms with Crippen LogP contribution < -0.4 is 5.73 Å². The number of halogens is 2. The first kappa shape index (κ1) is 15.5. The van der Waals surface area contributed by atoms with Gasteiger partial charge in [0.25, 0.3) is 0 Å². The number of carbonyl (C=O) groups excluding carboxylic acids is 1. The first-order chi connectivity index (χ1) is 11.0. The molecular weight excluding hydrogens is 337 g/mol. The molecule has 1 amide bonds. The topological polar surface area (TPSA) is 86.7 Å². The van der Waals surface area contributed by atoms with Crippen LogP contribution in [0.3, 0.4) is 0 Å². The largest absolute Gasteiger partial charge is 0.366 e. The second-order valence-electron chi connectivity index (χ2n) is 4.79. The van der Waals surface area contributed by atoms with Gasteiger partial charge in [0.05, 0.1) is 6.54 Å². The van der Waals surface area contributed by atoms with Crippen molar-refractivity contribution in [2.45, 2.75) is 6.54 Å². The van der Waals surface area contributed by atoms with Crippen molar-refractivity contribution >= 4 is 29.1 Å². The third kappa shape index (κ3) is 3.33. The minimum Gasteiger partial charge on any atom is -0.366 e. The van der Waals surface area contributed by atoms with Gasteiger partial charge in [0, 0.05) is 26.7 Å². The fraction of sp³-hybridized carbons (Fsp3) is 0.0667. The Morgan fingerprint density at radius 3 is 2.35 bits per heavy atom. The Hall–Kier alpha value is -2.44. The zero-order valence-corrected chi connectivity index (χ0v) is 13.3. The van der Waals surface area contributed by atoms with Gasteiger partial charge in [-0.3, -0.25) is 4.79 Å². The Balaban J connectivity index is 1.84. The molecule has 0 atom stereocenters. The lowest BCUT2D eigenvalue weighted by Gasteiger charge is -2.04. The van der Waals surface area contributed by atoms with Crippen molar-refractivity contribution in [3.63, 3.8) is 0 Å². The standard InChI is InChI=1S/C15H11Cl2N5O/c16-12-2-1-3-13(17)11(12)8-22-20-15(19-21-22)10-6-4-9(5-7-10)14(18)23/h1-7H,8H2,(H2,18,23). The molecule has 0 spiro atoms. The van der Waals surface area contributed by atoms with Crippen molar-refractivity contribution in [1.29, 1.82) is 0 Å². The van der Waals surface area contributed by atoms with Gasteiger partial charge in [0.1, 0.15) is 0 Å². The van der Waals surface area contributed by atoms with E-state index < -0.39 is 5.91 Å². The van der Waals surface area contributed by atoms with Crippen molar-refractivity contribution < 1.29 is 4.79 Å². The van der Waals surface area contributed by atoms with Crippen LogP contribution in [0.2, 0.25) is 10.0 Å². The van der Waals surface area contributed by atoms with Crippen molar-refractivity contribution in [3.05, 3.63) is 63.6 Å². The van der Waals surface area contributed by atoms with E-state index in [1.165, 1.54) is 4.80 Å². The predicted molar refractivity (Wildman–Crippen MR) is 87.3 cm³/mol. The molecule has 2 aromatic carbocycles. The number of benzene rings is 2. The predicted octanol–water partition coefficient (Wildman–Crippen LogP) is 2.79. The van der Waals surface area contributed by atoms with Crippen molar-refractivity contribution in [1.82, 2.24) is 20.2 Å². The van der Waals surface area contributed by atoms with Gasteiger partial charge in [-0.2, -0.15) is 4.80 Å². The third-order valence-electron chi connectivity index (χ3n) is 3.24. The Morgan fingerprint density at radius 2 is 1.74 bits per heavy atom. The summed E-state index contributed by atoms with van der Waals surface area (Å²) in [5.41, 5.74) is 7.08. The molecule has 3 rings (SSSR count). The van der Waals surface area contributed by atoms with E-state index in [1.807, 2.05) is 0 Å². The van der Waals surface area contributed by atoms with E-state index in [9.17, 15) is 4.79 Å². The summed E-state index contributed by atoms with van der Waals surface area (Å²) < 4.78 is 0. The molecule has 0 aliphatic rings. The number of nitrogens with zero attached hydrogens (tertiary/aromatic N) is 4. The maximum absolute atomic E-state index is 11.1. The van der Waals surface area contributed by atoms with Crippen LogP contribution in [0.25, 0.3) is 11.4 Å². The maximum atomic E-state index is 11.1. The molecule has 0 bridgehead atoms. The zero-order chi connectivity index (χ0) is 16.4. The molecule has 0 aliphatic carbocycles. The minimum absolute atomic E-state index is 0.310. The van der Waals surface area contributed by atoms with Crippen LogP contribution in [0.1, 0.15) is 15.9 Å². The van der Waals surface area contributed by atoms with E-state index in [2.05, 4.69) is 15.4 Å². The number of tetrazole rings is 1. The fourth-order valence-electron chi connectivity index (χ4n) is 2.03. The highest BCUT2D eigenvalue weighted by Gasteiger charge is 2.11. The Morgan fingerprint density at radius 1 is 1.09 bits per heavy atom. The van der Waals surface area contributed by atoms with Gasteiger partial charge in [-0.1, -0.05) is 41.4 Å². The highest BCUT2D eigenvalue weighted by molar-refractivity contribution is 6.35. The molecule has 0 radical (unpaired) electrons. The number of amides is 1. The summed E-state index contributed by atoms with van der Waals surface area (Å²) in [6, 6.07) is 11.9. The lowest BCUT2D eigenvalue weighted by Crippen LogP contribution is -2.10. The van der Waals surface area contributed by atoms with Gasteiger partial charge in [-0.05, 0) is 29.5 Å². The quantitative estimate of drug-likeness (QED) is 0.785. The molecule has 0 aliphatic heterocycles. The number of rotatable bonds is 4. The molecule has 23 heavy (non-hydrogen) atoms. The van der Waals surface area contributed by atoms with E-state index in [0.717, 1.165) is 11.1 Å². The number of nitrogens with two attached hydrogens (primary N) is 1.